The number of aryl methyl sites for hydroxylation is 2. The van der Waals surface area contributed by atoms with E-state index in [9.17, 15) is 4.79 Å². The summed E-state index contributed by atoms with van der Waals surface area (Å²) in [5.74, 6) is 0.199. The van der Waals surface area contributed by atoms with Crippen LogP contribution in [-0.4, -0.2) is 41.0 Å². The zero-order valence-electron chi connectivity index (χ0n) is 15.3. The number of nitrogens with one attached hydrogen (secondary N) is 2. The van der Waals surface area contributed by atoms with Gasteiger partial charge in [0.1, 0.15) is 0 Å². The van der Waals surface area contributed by atoms with Gasteiger partial charge >= 0.3 is 0 Å². The maximum Gasteiger partial charge on any atom is 0.223 e. The molecule has 1 aromatic carbocycles. The molecular formula is C19H27ClN4O2. The van der Waals surface area contributed by atoms with Crippen molar-refractivity contribution in [2.45, 2.75) is 44.9 Å². The summed E-state index contributed by atoms with van der Waals surface area (Å²) in [7, 11) is 1.94. The number of fused-ring (bicyclic) bond motifs is 2. The molecule has 7 heteroatoms. The van der Waals surface area contributed by atoms with Gasteiger partial charge in [-0.3, -0.25) is 9.48 Å². The highest BCUT2D eigenvalue weighted by atomic mass is 35.5. The second-order valence-electron chi connectivity index (χ2n) is 7.29. The minimum absolute atomic E-state index is 0. The third-order valence-corrected chi connectivity index (χ3v) is 5.51. The van der Waals surface area contributed by atoms with E-state index in [4.69, 9.17) is 4.74 Å². The average molecular weight is 379 g/mol. The number of benzene rings is 1. The topological polar surface area (TPSA) is 68.2 Å². The Morgan fingerprint density at radius 3 is 3.12 bits per heavy atom. The number of carbonyl (C=O) groups is 1. The van der Waals surface area contributed by atoms with E-state index in [1.807, 2.05) is 11.7 Å². The van der Waals surface area contributed by atoms with E-state index in [0.29, 0.717) is 12.6 Å². The molecule has 2 aliphatic rings. The Morgan fingerprint density at radius 1 is 1.42 bits per heavy atom. The lowest BCUT2D eigenvalue weighted by atomic mass is 9.82. The number of ether oxygens (including phenoxy) is 1. The number of carbonyl (C=O) groups excluding carboxylic acids is 1. The van der Waals surface area contributed by atoms with E-state index >= 15 is 0 Å². The molecule has 0 spiro atoms. The second-order valence-corrected chi connectivity index (χ2v) is 7.29. The molecule has 0 bridgehead atoms. The van der Waals surface area contributed by atoms with Crippen LogP contribution in [0.1, 0.15) is 30.5 Å². The summed E-state index contributed by atoms with van der Waals surface area (Å²) in [5, 5.41) is 12.3. The quantitative estimate of drug-likeness (QED) is 0.858. The predicted molar refractivity (Wildman–Crippen MR) is 103 cm³/mol. The molecule has 4 rings (SSSR count). The van der Waals surface area contributed by atoms with Crippen LogP contribution in [0.4, 0.5) is 0 Å². The molecule has 1 amide bonds. The van der Waals surface area contributed by atoms with Crippen LogP contribution in [0, 0.1) is 12.8 Å². The molecule has 26 heavy (non-hydrogen) atoms. The first-order valence-electron chi connectivity index (χ1n) is 9.17. The first-order chi connectivity index (χ1) is 12.1. The molecule has 2 N–H and O–H groups in total. The average Bonchev–Trinajstić information content (AvgIpc) is 2.94. The lowest BCUT2D eigenvalue weighted by Crippen LogP contribution is -2.53. The lowest BCUT2D eigenvalue weighted by Gasteiger charge is -2.39. The number of aromatic nitrogens is 2. The van der Waals surface area contributed by atoms with E-state index in [-0.39, 0.29) is 30.3 Å². The largest absolute Gasteiger partial charge is 0.375 e. The van der Waals surface area contributed by atoms with Crippen molar-refractivity contribution in [3.05, 3.63) is 29.5 Å². The third-order valence-electron chi connectivity index (χ3n) is 5.51. The highest BCUT2D eigenvalue weighted by Crippen LogP contribution is 2.28. The third kappa shape index (κ3) is 3.72. The van der Waals surface area contributed by atoms with Gasteiger partial charge < -0.3 is 15.4 Å². The van der Waals surface area contributed by atoms with Crippen molar-refractivity contribution in [3.8, 4) is 0 Å². The first kappa shape index (κ1) is 19.1. The van der Waals surface area contributed by atoms with Crippen LogP contribution in [0.15, 0.2) is 18.2 Å². The molecule has 1 saturated heterocycles. The van der Waals surface area contributed by atoms with Gasteiger partial charge in [-0.25, -0.2) is 0 Å². The Morgan fingerprint density at radius 2 is 2.27 bits per heavy atom. The molecule has 0 unspecified atom stereocenters. The fourth-order valence-electron chi connectivity index (χ4n) is 4.15. The Labute approximate surface area is 160 Å². The highest BCUT2D eigenvalue weighted by Gasteiger charge is 2.35. The van der Waals surface area contributed by atoms with Crippen molar-refractivity contribution in [2.24, 2.45) is 13.0 Å². The van der Waals surface area contributed by atoms with Crippen molar-refractivity contribution in [1.82, 2.24) is 20.4 Å². The summed E-state index contributed by atoms with van der Waals surface area (Å²) in [5.41, 5.74) is 3.23. The summed E-state index contributed by atoms with van der Waals surface area (Å²) >= 11 is 0. The van der Waals surface area contributed by atoms with Crippen molar-refractivity contribution >= 4 is 29.2 Å². The number of amides is 1. The number of hydrogen-bond donors (Lipinski definition) is 2. The molecule has 1 saturated carbocycles. The lowest BCUT2D eigenvalue weighted by molar-refractivity contribution is -0.128. The molecule has 2 fully saturated rings. The maximum atomic E-state index is 12.6. The van der Waals surface area contributed by atoms with Gasteiger partial charge in [0, 0.05) is 30.9 Å². The van der Waals surface area contributed by atoms with Gasteiger partial charge in [0.05, 0.1) is 30.5 Å². The van der Waals surface area contributed by atoms with Gasteiger partial charge in [-0.05, 0) is 38.3 Å². The van der Waals surface area contributed by atoms with Gasteiger partial charge in [-0.15, -0.1) is 12.4 Å². The van der Waals surface area contributed by atoms with Crippen LogP contribution < -0.4 is 10.6 Å². The standard InChI is InChI=1S/C19H26N4O2.ClH/c1-12-3-5-17-14(9-12)16(22-23(17)2)11-21-19(24)13-4-6-18-15(10-13)20-7-8-25-18;/h3,5,9,13,15,18,20H,4,6-8,10-11H2,1-2H3,(H,21,24);1H/t13-,15+,18+;/m0./s1. The number of nitrogens with zero attached hydrogens (tertiary/aromatic N) is 2. The van der Waals surface area contributed by atoms with E-state index < -0.39 is 0 Å². The van der Waals surface area contributed by atoms with Gasteiger partial charge in [0.15, 0.2) is 0 Å². The van der Waals surface area contributed by atoms with E-state index in [1.54, 1.807) is 0 Å². The van der Waals surface area contributed by atoms with Gasteiger partial charge in [0.25, 0.3) is 0 Å². The van der Waals surface area contributed by atoms with Crippen molar-refractivity contribution < 1.29 is 9.53 Å². The minimum Gasteiger partial charge on any atom is -0.375 e. The van der Waals surface area contributed by atoms with Crippen LogP contribution in [0.25, 0.3) is 10.9 Å². The zero-order chi connectivity index (χ0) is 17.4. The Balaban J connectivity index is 0.00000196. The predicted octanol–water partition coefficient (Wildman–Crippen LogP) is 2.08. The van der Waals surface area contributed by atoms with Crippen LogP contribution in [0.3, 0.4) is 0 Å². The molecule has 142 valence electrons. The van der Waals surface area contributed by atoms with Gasteiger partial charge in [-0.2, -0.15) is 5.10 Å². The minimum atomic E-state index is 0. The molecule has 6 nitrogen and oxygen atoms in total. The SMILES string of the molecule is Cc1ccc2c(c1)c(CNC(=O)[C@H]1CC[C@H]3OCCN[C@@H]3C1)nn2C.Cl. The molecule has 2 aromatic rings. The Bertz CT molecular complexity index is 791. The maximum absolute atomic E-state index is 12.6. The Hall–Kier alpha value is -1.63. The summed E-state index contributed by atoms with van der Waals surface area (Å²) < 4.78 is 7.67. The van der Waals surface area contributed by atoms with E-state index in [2.05, 4.69) is 40.9 Å². The summed E-state index contributed by atoms with van der Waals surface area (Å²) in [4.78, 5) is 12.6. The molecule has 1 aliphatic heterocycles. The molecule has 3 atom stereocenters. The normalized spacial score (nSPS) is 25.4. The fourth-order valence-corrected chi connectivity index (χ4v) is 4.15. The molecule has 1 aromatic heterocycles. The van der Waals surface area contributed by atoms with Crippen LogP contribution in [-0.2, 0) is 23.1 Å². The van der Waals surface area contributed by atoms with E-state index in [1.165, 1.54) is 5.56 Å². The van der Waals surface area contributed by atoms with Crippen LogP contribution in [0.2, 0.25) is 0 Å². The highest BCUT2D eigenvalue weighted by molar-refractivity contribution is 5.85. The van der Waals surface area contributed by atoms with Gasteiger partial charge in [-0.1, -0.05) is 11.6 Å². The number of morpholine rings is 1. The molecular weight excluding hydrogens is 352 g/mol. The molecule has 2 heterocycles. The van der Waals surface area contributed by atoms with Crippen molar-refractivity contribution in [2.75, 3.05) is 13.2 Å². The second kappa shape index (κ2) is 7.94. The van der Waals surface area contributed by atoms with Crippen LogP contribution in [0.5, 0.6) is 0 Å². The van der Waals surface area contributed by atoms with E-state index in [0.717, 1.165) is 49.0 Å². The molecule has 0 radical (unpaired) electrons. The van der Waals surface area contributed by atoms with Crippen molar-refractivity contribution in [1.29, 1.82) is 0 Å². The number of rotatable bonds is 3. The summed E-state index contributed by atoms with van der Waals surface area (Å²) in [6.07, 6.45) is 3.00. The number of halogens is 1. The monoisotopic (exact) mass is 378 g/mol. The smallest absolute Gasteiger partial charge is 0.223 e. The fraction of sp³-hybridized carbons (Fsp3) is 0.579. The summed E-state index contributed by atoms with van der Waals surface area (Å²) in [6.45, 7) is 4.22. The summed E-state index contributed by atoms with van der Waals surface area (Å²) in [6, 6.07) is 6.62. The first-order valence-corrected chi connectivity index (χ1v) is 9.17. The van der Waals surface area contributed by atoms with Gasteiger partial charge in [0.2, 0.25) is 5.91 Å². The molecule has 1 aliphatic carbocycles. The van der Waals surface area contributed by atoms with Crippen LogP contribution >= 0.6 is 12.4 Å². The zero-order valence-corrected chi connectivity index (χ0v) is 16.1. The Kier molecular flexibility index (Phi) is 5.85. The van der Waals surface area contributed by atoms with Crippen molar-refractivity contribution in [3.63, 3.8) is 0 Å². The number of hydrogen-bond acceptors (Lipinski definition) is 4.